The summed E-state index contributed by atoms with van der Waals surface area (Å²) in [6, 6.07) is 8.18. The molecule has 0 saturated carbocycles. The maximum Gasteiger partial charge on any atom is 0.264 e. The smallest absolute Gasteiger partial charge is 0.264 e. The van der Waals surface area contributed by atoms with Gasteiger partial charge in [0.25, 0.3) is 5.89 Å². The highest BCUT2D eigenvalue weighted by Crippen LogP contribution is 2.16. The number of benzene rings is 1. The van der Waals surface area contributed by atoms with Gasteiger partial charge in [-0.25, -0.2) is 0 Å². The summed E-state index contributed by atoms with van der Waals surface area (Å²) in [7, 11) is 0. The number of nitrogens with zero attached hydrogens (tertiary/aromatic N) is 2. The molecule has 1 atom stereocenters. The Morgan fingerprint density at radius 1 is 1.24 bits per heavy atom. The van der Waals surface area contributed by atoms with Crippen LogP contribution in [-0.2, 0) is 13.0 Å². The van der Waals surface area contributed by atoms with E-state index in [2.05, 4.69) is 17.1 Å². The second-order valence-electron chi connectivity index (χ2n) is 5.51. The van der Waals surface area contributed by atoms with Gasteiger partial charge < -0.3 is 15.0 Å². The highest BCUT2D eigenvalue weighted by Gasteiger charge is 2.10. The zero-order valence-corrected chi connectivity index (χ0v) is 12.9. The Bertz CT molecular complexity index is 549. The van der Waals surface area contributed by atoms with Crippen LogP contribution in [0.15, 0.2) is 28.8 Å². The van der Waals surface area contributed by atoms with Crippen LogP contribution in [0.5, 0.6) is 5.75 Å². The van der Waals surface area contributed by atoms with Crippen LogP contribution >= 0.6 is 0 Å². The molecular formula is C16H23N3O2. The minimum Gasteiger partial charge on any atom is -0.484 e. The summed E-state index contributed by atoms with van der Waals surface area (Å²) in [5.74, 6) is 2.24. The molecule has 0 aliphatic heterocycles. The van der Waals surface area contributed by atoms with E-state index < -0.39 is 0 Å². The molecule has 0 saturated heterocycles. The lowest BCUT2D eigenvalue weighted by molar-refractivity contribution is 0.242. The number of hydrogen-bond acceptors (Lipinski definition) is 5. The molecule has 1 heterocycles. The predicted octanol–water partition coefficient (Wildman–Crippen LogP) is 3.05. The van der Waals surface area contributed by atoms with Crippen LogP contribution in [0.2, 0.25) is 0 Å². The monoisotopic (exact) mass is 289 g/mol. The van der Waals surface area contributed by atoms with Gasteiger partial charge in [-0.15, -0.1) is 0 Å². The van der Waals surface area contributed by atoms with Gasteiger partial charge in [0.1, 0.15) is 5.75 Å². The summed E-state index contributed by atoms with van der Waals surface area (Å²) in [5.41, 5.74) is 7.16. The molecule has 1 aromatic carbocycles. The predicted molar refractivity (Wildman–Crippen MR) is 81.1 cm³/mol. The second kappa shape index (κ2) is 7.22. The Hall–Kier alpha value is -1.88. The summed E-state index contributed by atoms with van der Waals surface area (Å²) in [4.78, 5) is 4.27. The summed E-state index contributed by atoms with van der Waals surface area (Å²) in [6.07, 6.45) is 1.87. The second-order valence-corrected chi connectivity index (χ2v) is 5.51. The molecule has 5 nitrogen and oxygen atoms in total. The molecule has 1 aromatic heterocycles. The summed E-state index contributed by atoms with van der Waals surface area (Å²) >= 11 is 0. The van der Waals surface area contributed by atoms with Crippen molar-refractivity contribution in [3.05, 3.63) is 41.5 Å². The van der Waals surface area contributed by atoms with Crippen LogP contribution in [0.4, 0.5) is 0 Å². The first-order chi connectivity index (χ1) is 10.1. The molecule has 21 heavy (non-hydrogen) atoms. The Morgan fingerprint density at radius 3 is 2.52 bits per heavy atom. The van der Waals surface area contributed by atoms with Crippen LogP contribution in [-0.4, -0.2) is 16.2 Å². The standard InChI is InChI=1S/C16H23N3O2/c1-4-13(17)9-12-5-7-14(8-6-12)20-10-15-18-16(11(2)3)19-21-15/h5-8,11,13H,4,9-10,17H2,1-3H3. The van der Waals surface area contributed by atoms with Crippen molar-refractivity contribution in [3.63, 3.8) is 0 Å². The van der Waals surface area contributed by atoms with E-state index in [4.69, 9.17) is 15.0 Å². The van der Waals surface area contributed by atoms with Crippen LogP contribution in [0.3, 0.4) is 0 Å². The van der Waals surface area contributed by atoms with E-state index in [1.807, 2.05) is 38.1 Å². The van der Waals surface area contributed by atoms with Crippen molar-refractivity contribution in [1.29, 1.82) is 0 Å². The Kier molecular flexibility index (Phi) is 5.33. The molecule has 0 radical (unpaired) electrons. The average molecular weight is 289 g/mol. The third-order valence-corrected chi connectivity index (χ3v) is 3.31. The first-order valence-corrected chi connectivity index (χ1v) is 7.38. The lowest BCUT2D eigenvalue weighted by atomic mass is 10.0. The van der Waals surface area contributed by atoms with Crippen LogP contribution in [0, 0.1) is 0 Å². The fraction of sp³-hybridized carbons (Fsp3) is 0.500. The molecule has 2 rings (SSSR count). The molecule has 0 spiro atoms. The van der Waals surface area contributed by atoms with Gasteiger partial charge in [-0.1, -0.05) is 38.1 Å². The van der Waals surface area contributed by atoms with Gasteiger partial charge >= 0.3 is 0 Å². The third kappa shape index (κ3) is 4.56. The lowest BCUT2D eigenvalue weighted by Crippen LogP contribution is -2.21. The van der Waals surface area contributed by atoms with E-state index in [9.17, 15) is 0 Å². The van der Waals surface area contributed by atoms with Gasteiger partial charge in [-0.3, -0.25) is 0 Å². The minimum atomic E-state index is 0.213. The minimum absolute atomic E-state index is 0.213. The van der Waals surface area contributed by atoms with Gasteiger partial charge in [0.2, 0.25) is 0 Å². The lowest BCUT2D eigenvalue weighted by Gasteiger charge is -2.09. The number of nitrogens with two attached hydrogens (primary N) is 1. The Balaban J connectivity index is 1.88. The Morgan fingerprint density at radius 2 is 1.95 bits per heavy atom. The van der Waals surface area contributed by atoms with E-state index in [1.54, 1.807) is 0 Å². The zero-order chi connectivity index (χ0) is 15.2. The molecule has 0 amide bonds. The van der Waals surface area contributed by atoms with Gasteiger partial charge in [0.05, 0.1) is 0 Å². The summed E-state index contributed by atoms with van der Waals surface area (Å²) < 4.78 is 10.8. The van der Waals surface area contributed by atoms with Crippen LogP contribution in [0.1, 0.15) is 50.4 Å². The fourth-order valence-corrected chi connectivity index (χ4v) is 1.88. The first kappa shape index (κ1) is 15.5. The zero-order valence-electron chi connectivity index (χ0n) is 12.9. The van der Waals surface area contributed by atoms with E-state index >= 15 is 0 Å². The first-order valence-electron chi connectivity index (χ1n) is 7.38. The molecule has 0 aliphatic rings. The van der Waals surface area contributed by atoms with Crippen molar-refractivity contribution in [3.8, 4) is 5.75 Å². The van der Waals surface area contributed by atoms with Gasteiger partial charge in [-0.2, -0.15) is 4.98 Å². The van der Waals surface area contributed by atoms with Gasteiger partial charge in [0.15, 0.2) is 12.4 Å². The molecule has 0 fully saturated rings. The maximum absolute atomic E-state index is 5.95. The average Bonchev–Trinajstić information content (AvgIpc) is 2.95. The molecule has 114 valence electrons. The number of aromatic nitrogens is 2. The van der Waals surface area contributed by atoms with Crippen LogP contribution in [0.25, 0.3) is 0 Å². The number of rotatable bonds is 7. The van der Waals surface area contributed by atoms with Gasteiger partial charge in [-0.05, 0) is 30.5 Å². The molecule has 1 unspecified atom stereocenters. The highest BCUT2D eigenvalue weighted by molar-refractivity contribution is 5.27. The van der Waals surface area contributed by atoms with Crippen molar-refractivity contribution >= 4 is 0 Å². The molecule has 2 N–H and O–H groups in total. The summed E-state index contributed by atoms with van der Waals surface area (Å²) in [5, 5.41) is 3.90. The van der Waals surface area contributed by atoms with E-state index in [-0.39, 0.29) is 18.6 Å². The summed E-state index contributed by atoms with van der Waals surface area (Å²) in [6.45, 7) is 6.43. The third-order valence-electron chi connectivity index (χ3n) is 3.31. The van der Waals surface area contributed by atoms with E-state index in [1.165, 1.54) is 5.56 Å². The molecular weight excluding hydrogens is 266 g/mol. The quantitative estimate of drug-likeness (QED) is 0.848. The largest absolute Gasteiger partial charge is 0.484 e. The van der Waals surface area contributed by atoms with Crippen molar-refractivity contribution in [2.24, 2.45) is 5.73 Å². The number of hydrogen-bond donors (Lipinski definition) is 1. The van der Waals surface area contributed by atoms with Crippen molar-refractivity contribution < 1.29 is 9.26 Å². The number of ether oxygens (including phenoxy) is 1. The van der Waals surface area contributed by atoms with Crippen molar-refractivity contribution in [1.82, 2.24) is 10.1 Å². The Labute approximate surface area is 125 Å². The molecule has 5 heteroatoms. The maximum atomic E-state index is 5.95. The van der Waals surface area contributed by atoms with E-state index in [0.29, 0.717) is 11.7 Å². The van der Waals surface area contributed by atoms with Crippen LogP contribution < -0.4 is 10.5 Å². The molecule has 0 aliphatic carbocycles. The van der Waals surface area contributed by atoms with Gasteiger partial charge in [0, 0.05) is 12.0 Å². The normalized spacial score (nSPS) is 12.6. The SMILES string of the molecule is CCC(N)Cc1ccc(OCc2nc(C(C)C)no2)cc1. The topological polar surface area (TPSA) is 74.2 Å². The molecule has 2 aromatic rings. The van der Waals surface area contributed by atoms with Crippen molar-refractivity contribution in [2.45, 2.75) is 52.2 Å². The van der Waals surface area contributed by atoms with Crippen molar-refractivity contribution in [2.75, 3.05) is 0 Å². The van der Waals surface area contributed by atoms with E-state index in [0.717, 1.165) is 18.6 Å². The highest BCUT2D eigenvalue weighted by atomic mass is 16.5. The molecule has 0 bridgehead atoms. The fourth-order valence-electron chi connectivity index (χ4n) is 1.88.